The van der Waals surface area contributed by atoms with E-state index < -0.39 is 8.32 Å². The van der Waals surface area contributed by atoms with Crippen LogP contribution in [0.25, 0.3) is 0 Å². The van der Waals surface area contributed by atoms with Crippen molar-refractivity contribution in [3.8, 4) is 0 Å². The van der Waals surface area contributed by atoms with Gasteiger partial charge in [0.1, 0.15) is 5.76 Å². The molecule has 0 radical (unpaired) electrons. The van der Waals surface area contributed by atoms with Crippen LogP contribution in [0.4, 0.5) is 0 Å². The fraction of sp³-hybridized carbons (Fsp3) is 0.636. The van der Waals surface area contributed by atoms with Crippen molar-refractivity contribution >= 4 is 8.32 Å². The van der Waals surface area contributed by atoms with Crippen molar-refractivity contribution in [2.75, 3.05) is 0 Å². The van der Waals surface area contributed by atoms with Crippen LogP contribution in [-0.2, 0) is 4.43 Å². The van der Waals surface area contributed by atoms with Crippen LogP contribution in [0, 0.1) is 0 Å². The number of rotatable bonds is 2. The maximum Gasteiger partial charge on any atom is 0.242 e. The van der Waals surface area contributed by atoms with E-state index in [9.17, 15) is 0 Å². The summed E-state index contributed by atoms with van der Waals surface area (Å²) in [5, 5.41) is 0. The van der Waals surface area contributed by atoms with E-state index in [1.807, 2.05) is 0 Å². The molecular formula is C11H20OSi. The smallest absolute Gasteiger partial charge is 0.242 e. The molecular weight excluding hydrogens is 176 g/mol. The van der Waals surface area contributed by atoms with Crippen LogP contribution < -0.4 is 0 Å². The van der Waals surface area contributed by atoms with Gasteiger partial charge in [-0.25, -0.2) is 0 Å². The van der Waals surface area contributed by atoms with Gasteiger partial charge in [-0.2, -0.15) is 0 Å². The highest BCUT2D eigenvalue weighted by atomic mass is 28.4. The van der Waals surface area contributed by atoms with Crippen LogP contribution in [0.15, 0.2) is 23.0 Å². The molecule has 1 aliphatic carbocycles. The Hall–Kier alpha value is -0.503. The lowest BCUT2D eigenvalue weighted by Crippen LogP contribution is -2.26. The molecule has 0 fully saturated rings. The predicted octanol–water partition coefficient (Wildman–Crippen LogP) is 3.85. The summed E-state index contributed by atoms with van der Waals surface area (Å²) in [5.74, 6) is 1.17. The Labute approximate surface area is 82.6 Å². The summed E-state index contributed by atoms with van der Waals surface area (Å²) in [6, 6.07) is 0. The summed E-state index contributed by atoms with van der Waals surface area (Å²) in [5.41, 5.74) is 2.74. The van der Waals surface area contributed by atoms with E-state index in [1.165, 1.54) is 23.3 Å². The van der Waals surface area contributed by atoms with E-state index in [-0.39, 0.29) is 0 Å². The molecule has 74 valence electrons. The van der Waals surface area contributed by atoms with Crippen LogP contribution in [-0.4, -0.2) is 8.32 Å². The minimum atomic E-state index is -1.43. The second-order valence-electron chi connectivity index (χ2n) is 4.75. The normalized spacial score (nSPS) is 18.7. The molecule has 0 aliphatic heterocycles. The molecule has 1 nitrogen and oxygen atoms in total. The second kappa shape index (κ2) is 3.70. The highest BCUT2D eigenvalue weighted by molar-refractivity contribution is 6.70. The van der Waals surface area contributed by atoms with E-state index in [0.29, 0.717) is 0 Å². The van der Waals surface area contributed by atoms with E-state index in [0.717, 1.165) is 6.42 Å². The van der Waals surface area contributed by atoms with Crippen molar-refractivity contribution < 1.29 is 4.43 Å². The number of allylic oxidation sites excluding steroid dienone is 3. The van der Waals surface area contributed by atoms with Gasteiger partial charge in [0.05, 0.1) is 0 Å². The minimum Gasteiger partial charge on any atom is -0.544 e. The number of hydrogen-bond acceptors (Lipinski definition) is 1. The molecule has 1 rings (SSSR count). The van der Waals surface area contributed by atoms with Crippen molar-refractivity contribution in [1.29, 1.82) is 0 Å². The molecule has 0 spiro atoms. The van der Waals surface area contributed by atoms with Crippen LogP contribution in [0.3, 0.4) is 0 Å². The molecule has 0 saturated heterocycles. The Morgan fingerprint density at radius 3 is 2.31 bits per heavy atom. The minimum absolute atomic E-state index is 1.16. The van der Waals surface area contributed by atoms with E-state index >= 15 is 0 Å². The molecule has 0 unspecified atom stereocenters. The Morgan fingerprint density at radius 2 is 1.85 bits per heavy atom. The molecule has 0 bridgehead atoms. The van der Waals surface area contributed by atoms with Gasteiger partial charge in [0.15, 0.2) is 0 Å². The highest BCUT2D eigenvalue weighted by Gasteiger charge is 2.21. The zero-order chi connectivity index (χ0) is 10.1. The Balaban J connectivity index is 2.83. The summed E-state index contributed by atoms with van der Waals surface area (Å²) >= 11 is 0. The lowest BCUT2D eigenvalue weighted by Gasteiger charge is -2.26. The van der Waals surface area contributed by atoms with Gasteiger partial charge in [-0.1, -0.05) is 6.08 Å². The van der Waals surface area contributed by atoms with Gasteiger partial charge in [-0.15, -0.1) is 0 Å². The van der Waals surface area contributed by atoms with Gasteiger partial charge in [0.25, 0.3) is 0 Å². The van der Waals surface area contributed by atoms with Gasteiger partial charge < -0.3 is 4.43 Å². The lowest BCUT2D eigenvalue weighted by molar-refractivity contribution is 0.420. The van der Waals surface area contributed by atoms with Gasteiger partial charge >= 0.3 is 0 Å². The second-order valence-corrected chi connectivity index (χ2v) is 9.18. The standard InChI is InChI=1S/C11H20OSi/c1-9-7-6-8-10(2)11(9)12-13(3,4)5/h7H,6,8H2,1-5H3. The molecule has 0 amide bonds. The molecule has 0 N–H and O–H groups in total. The average molecular weight is 196 g/mol. The topological polar surface area (TPSA) is 9.23 Å². The maximum atomic E-state index is 6.05. The monoisotopic (exact) mass is 196 g/mol. The average Bonchev–Trinajstić information content (AvgIpc) is 1.95. The first-order chi connectivity index (χ1) is 5.90. The molecule has 0 aromatic heterocycles. The van der Waals surface area contributed by atoms with Crippen molar-refractivity contribution in [2.24, 2.45) is 0 Å². The Bertz CT molecular complexity index is 256. The first-order valence-corrected chi connectivity index (χ1v) is 8.37. The third kappa shape index (κ3) is 3.03. The predicted molar refractivity (Wildman–Crippen MR) is 60.1 cm³/mol. The summed E-state index contributed by atoms with van der Waals surface area (Å²) < 4.78 is 6.05. The van der Waals surface area contributed by atoms with Gasteiger partial charge in [-0.3, -0.25) is 0 Å². The van der Waals surface area contributed by atoms with Crippen LogP contribution >= 0.6 is 0 Å². The third-order valence-electron chi connectivity index (χ3n) is 2.12. The van der Waals surface area contributed by atoms with Crippen molar-refractivity contribution in [2.45, 2.75) is 46.3 Å². The van der Waals surface area contributed by atoms with E-state index in [2.05, 4.69) is 39.6 Å². The zero-order valence-electron chi connectivity index (χ0n) is 9.40. The molecule has 0 aromatic carbocycles. The molecule has 0 atom stereocenters. The summed E-state index contributed by atoms with van der Waals surface area (Å²) in [6.45, 7) is 11.0. The molecule has 1 aliphatic rings. The Kier molecular flexibility index (Phi) is 3.01. The Morgan fingerprint density at radius 1 is 1.23 bits per heavy atom. The zero-order valence-corrected chi connectivity index (χ0v) is 10.4. The highest BCUT2D eigenvalue weighted by Crippen LogP contribution is 2.27. The van der Waals surface area contributed by atoms with Crippen LogP contribution in [0.2, 0.25) is 19.6 Å². The fourth-order valence-corrected chi connectivity index (χ4v) is 2.47. The van der Waals surface area contributed by atoms with Crippen molar-refractivity contribution in [1.82, 2.24) is 0 Å². The first kappa shape index (κ1) is 10.6. The molecule has 0 saturated carbocycles. The van der Waals surface area contributed by atoms with Gasteiger partial charge in [0, 0.05) is 0 Å². The third-order valence-corrected chi connectivity index (χ3v) is 2.94. The van der Waals surface area contributed by atoms with E-state index in [1.54, 1.807) is 0 Å². The van der Waals surface area contributed by atoms with Crippen molar-refractivity contribution in [3.63, 3.8) is 0 Å². The largest absolute Gasteiger partial charge is 0.544 e. The lowest BCUT2D eigenvalue weighted by atomic mass is 10.00. The van der Waals surface area contributed by atoms with Gasteiger partial charge in [0.2, 0.25) is 8.32 Å². The van der Waals surface area contributed by atoms with Gasteiger partial charge in [-0.05, 0) is 57.5 Å². The number of hydrogen-bond donors (Lipinski definition) is 0. The van der Waals surface area contributed by atoms with Crippen LogP contribution in [0.5, 0.6) is 0 Å². The maximum absolute atomic E-state index is 6.05. The summed E-state index contributed by atoms with van der Waals surface area (Å²) in [4.78, 5) is 0. The quantitative estimate of drug-likeness (QED) is 0.610. The molecule has 2 heteroatoms. The molecule has 0 aromatic rings. The SMILES string of the molecule is CC1=CCCC(C)=C1O[Si](C)(C)C. The first-order valence-electron chi connectivity index (χ1n) is 4.96. The van der Waals surface area contributed by atoms with Crippen LogP contribution in [0.1, 0.15) is 26.7 Å². The molecule has 13 heavy (non-hydrogen) atoms. The summed E-state index contributed by atoms with van der Waals surface area (Å²) in [7, 11) is -1.43. The summed E-state index contributed by atoms with van der Waals surface area (Å²) in [6.07, 6.45) is 4.62. The fourth-order valence-electron chi connectivity index (χ4n) is 1.52. The molecule has 0 heterocycles. The van der Waals surface area contributed by atoms with E-state index in [4.69, 9.17) is 4.43 Å². The van der Waals surface area contributed by atoms with Crippen molar-refractivity contribution in [3.05, 3.63) is 23.0 Å².